The first kappa shape index (κ1) is 46.7. The standard InChI is InChI=1S/C76H56N2/c1-49-29-38-56(39-30-49)77(57-40-31-50(2)32-41-57)75-67-25-13-9-21-62(67)72(63-22-10-14-26-68(63)75)55-37-46-66(73-60-19-7-5-17-53(60)47-54-18-6-8-20-61(54)73)71(48-55)74-64-23-11-15-27-69(64)76(70-28-16-12-24-65(70)74)78(58-42-33-51(3)34-43-58)59-44-35-52(4)36-45-59/h5-48H,1-4H3. The Labute approximate surface area is 456 Å². The number of benzene rings is 14. The summed E-state index contributed by atoms with van der Waals surface area (Å²) in [4.78, 5) is 4.93. The van der Waals surface area contributed by atoms with Crippen LogP contribution in [0.4, 0.5) is 34.1 Å². The van der Waals surface area contributed by atoms with Gasteiger partial charge in [0, 0.05) is 44.3 Å². The predicted octanol–water partition coefficient (Wildman–Crippen LogP) is 21.8. The molecule has 2 heteroatoms. The van der Waals surface area contributed by atoms with Crippen LogP contribution in [0.3, 0.4) is 0 Å². The van der Waals surface area contributed by atoms with Crippen molar-refractivity contribution in [3.8, 4) is 33.4 Å². The first-order valence-electron chi connectivity index (χ1n) is 27.2. The van der Waals surface area contributed by atoms with E-state index in [-0.39, 0.29) is 0 Å². The molecule has 0 aliphatic rings. The SMILES string of the molecule is Cc1ccc(N(c2ccc(C)cc2)c2c3ccccc3c(-c3ccc(-c4c5ccccc5cc5ccccc45)c(-c4c5ccccc5c(N(c5ccc(C)cc5)c5ccc(C)cc5)c5ccccc45)c3)c3ccccc23)cc1. The zero-order valence-electron chi connectivity index (χ0n) is 44.3. The summed E-state index contributed by atoms with van der Waals surface area (Å²) in [5.41, 5.74) is 18.9. The second kappa shape index (κ2) is 19.1. The van der Waals surface area contributed by atoms with Crippen molar-refractivity contribution in [3.05, 3.63) is 289 Å². The first-order valence-corrected chi connectivity index (χ1v) is 27.2. The van der Waals surface area contributed by atoms with Crippen molar-refractivity contribution in [1.29, 1.82) is 0 Å². The second-order valence-electron chi connectivity index (χ2n) is 21.1. The highest BCUT2D eigenvalue weighted by molar-refractivity contribution is 6.27. The largest absolute Gasteiger partial charge is 0.309 e. The lowest BCUT2D eigenvalue weighted by Gasteiger charge is -2.30. The molecule has 14 aromatic rings. The van der Waals surface area contributed by atoms with Crippen molar-refractivity contribution < 1.29 is 0 Å². The Kier molecular flexibility index (Phi) is 11.5. The molecule has 0 N–H and O–H groups in total. The third-order valence-corrected chi connectivity index (χ3v) is 16.0. The van der Waals surface area contributed by atoms with Crippen molar-refractivity contribution in [2.45, 2.75) is 27.7 Å². The molecule has 0 saturated heterocycles. The number of anilines is 6. The van der Waals surface area contributed by atoms with E-state index in [0.717, 1.165) is 39.7 Å². The lowest BCUT2D eigenvalue weighted by atomic mass is 9.81. The number of nitrogens with zero attached hydrogens (tertiary/aromatic N) is 2. The van der Waals surface area contributed by atoms with Gasteiger partial charge in [-0.25, -0.2) is 0 Å². The van der Waals surface area contributed by atoms with Gasteiger partial charge in [0.15, 0.2) is 0 Å². The first-order chi connectivity index (χ1) is 38.4. The van der Waals surface area contributed by atoms with Crippen LogP contribution in [0.25, 0.3) is 98.0 Å². The normalized spacial score (nSPS) is 11.6. The van der Waals surface area contributed by atoms with E-state index in [1.54, 1.807) is 0 Å². The Morgan fingerprint density at radius 2 is 0.500 bits per heavy atom. The molecule has 0 aliphatic carbocycles. The Balaban J connectivity index is 1.11. The molecule has 0 spiro atoms. The fraction of sp³-hybridized carbons (Fsp3) is 0.0526. The highest BCUT2D eigenvalue weighted by atomic mass is 15.2. The molecule has 14 rings (SSSR count). The summed E-state index contributed by atoms with van der Waals surface area (Å²) in [6, 6.07) is 99.8. The van der Waals surface area contributed by atoms with Gasteiger partial charge < -0.3 is 9.80 Å². The van der Waals surface area contributed by atoms with Crippen molar-refractivity contribution in [2.75, 3.05) is 9.80 Å². The molecule has 370 valence electrons. The maximum absolute atomic E-state index is 2.53. The van der Waals surface area contributed by atoms with E-state index in [4.69, 9.17) is 0 Å². The van der Waals surface area contributed by atoms with Crippen LogP contribution in [0, 0.1) is 27.7 Å². The number of hydrogen-bond acceptors (Lipinski definition) is 2. The summed E-state index contributed by atoms with van der Waals surface area (Å²) in [6.45, 7) is 8.65. The Bertz CT molecular complexity index is 4370. The van der Waals surface area contributed by atoms with Gasteiger partial charge in [-0.1, -0.05) is 229 Å². The van der Waals surface area contributed by atoms with E-state index >= 15 is 0 Å². The summed E-state index contributed by atoms with van der Waals surface area (Å²) in [7, 11) is 0. The van der Waals surface area contributed by atoms with E-state index < -0.39 is 0 Å². The minimum absolute atomic E-state index is 1.11. The van der Waals surface area contributed by atoms with Gasteiger partial charge in [0.05, 0.1) is 11.4 Å². The molecule has 0 unspecified atom stereocenters. The summed E-state index contributed by atoms with van der Waals surface area (Å²) in [6.07, 6.45) is 0. The molecule has 0 aromatic heterocycles. The third-order valence-electron chi connectivity index (χ3n) is 16.0. The maximum Gasteiger partial charge on any atom is 0.0618 e. The topological polar surface area (TPSA) is 6.48 Å². The fourth-order valence-electron chi connectivity index (χ4n) is 12.3. The quantitative estimate of drug-likeness (QED) is 0.133. The Morgan fingerprint density at radius 3 is 0.846 bits per heavy atom. The Morgan fingerprint density at radius 1 is 0.218 bits per heavy atom. The van der Waals surface area contributed by atoms with Crippen molar-refractivity contribution in [3.63, 3.8) is 0 Å². The summed E-state index contributed by atoms with van der Waals surface area (Å²) in [5.74, 6) is 0. The summed E-state index contributed by atoms with van der Waals surface area (Å²) in [5, 5.41) is 14.4. The van der Waals surface area contributed by atoms with Gasteiger partial charge in [0.2, 0.25) is 0 Å². The minimum Gasteiger partial charge on any atom is -0.309 e. The number of rotatable bonds is 9. The van der Waals surface area contributed by atoms with Crippen molar-refractivity contribution in [1.82, 2.24) is 0 Å². The Hall–Kier alpha value is -9.76. The predicted molar refractivity (Wildman–Crippen MR) is 336 cm³/mol. The summed E-state index contributed by atoms with van der Waals surface area (Å²) < 4.78 is 0. The zero-order valence-corrected chi connectivity index (χ0v) is 44.3. The third kappa shape index (κ3) is 7.87. The molecule has 0 bridgehead atoms. The van der Waals surface area contributed by atoms with Crippen LogP contribution in [0.15, 0.2) is 267 Å². The molecule has 14 aromatic carbocycles. The van der Waals surface area contributed by atoms with Crippen LogP contribution >= 0.6 is 0 Å². The maximum atomic E-state index is 2.53. The molecule has 0 radical (unpaired) electrons. The van der Waals surface area contributed by atoms with Gasteiger partial charge in [-0.05, 0) is 165 Å². The molecule has 0 aliphatic heterocycles. The highest BCUT2D eigenvalue weighted by Crippen LogP contribution is 2.54. The van der Waals surface area contributed by atoms with Gasteiger partial charge in [0.1, 0.15) is 0 Å². The van der Waals surface area contributed by atoms with E-state index in [9.17, 15) is 0 Å². The molecular weight excluding hydrogens is 941 g/mol. The molecule has 0 atom stereocenters. The lowest BCUT2D eigenvalue weighted by molar-refractivity contribution is 1.29. The van der Waals surface area contributed by atoms with Gasteiger partial charge in [-0.2, -0.15) is 0 Å². The highest BCUT2D eigenvalue weighted by Gasteiger charge is 2.27. The van der Waals surface area contributed by atoms with Crippen LogP contribution in [0.2, 0.25) is 0 Å². The second-order valence-corrected chi connectivity index (χ2v) is 21.1. The smallest absolute Gasteiger partial charge is 0.0618 e. The van der Waals surface area contributed by atoms with Crippen LogP contribution in [-0.4, -0.2) is 0 Å². The number of fused-ring (bicyclic) bond motifs is 6. The van der Waals surface area contributed by atoms with Crippen LogP contribution in [0.5, 0.6) is 0 Å². The van der Waals surface area contributed by atoms with E-state index in [2.05, 4.69) is 304 Å². The van der Waals surface area contributed by atoms with Crippen molar-refractivity contribution >= 4 is 98.8 Å². The van der Waals surface area contributed by atoms with E-state index in [1.165, 1.54) is 115 Å². The summed E-state index contributed by atoms with van der Waals surface area (Å²) >= 11 is 0. The molecule has 0 fully saturated rings. The van der Waals surface area contributed by atoms with E-state index in [1.807, 2.05) is 0 Å². The van der Waals surface area contributed by atoms with Crippen LogP contribution in [0.1, 0.15) is 22.3 Å². The van der Waals surface area contributed by atoms with Crippen LogP contribution in [-0.2, 0) is 0 Å². The number of aryl methyl sites for hydroxylation is 4. The molecule has 0 saturated carbocycles. The minimum atomic E-state index is 1.11. The number of hydrogen-bond donors (Lipinski definition) is 0. The average Bonchev–Trinajstić information content (AvgIpc) is 3.50. The van der Waals surface area contributed by atoms with Gasteiger partial charge in [0.25, 0.3) is 0 Å². The van der Waals surface area contributed by atoms with Gasteiger partial charge in [-0.15, -0.1) is 0 Å². The zero-order chi connectivity index (χ0) is 52.4. The molecule has 2 nitrogen and oxygen atoms in total. The van der Waals surface area contributed by atoms with Crippen LogP contribution < -0.4 is 9.80 Å². The van der Waals surface area contributed by atoms with Crippen molar-refractivity contribution in [2.24, 2.45) is 0 Å². The molecular formula is C76H56N2. The monoisotopic (exact) mass is 996 g/mol. The van der Waals surface area contributed by atoms with Gasteiger partial charge >= 0.3 is 0 Å². The molecule has 0 amide bonds. The fourth-order valence-corrected chi connectivity index (χ4v) is 12.3. The van der Waals surface area contributed by atoms with Gasteiger partial charge in [-0.3, -0.25) is 0 Å². The van der Waals surface area contributed by atoms with E-state index in [0.29, 0.717) is 0 Å². The molecule has 78 heavy (non-hydrogen) atoms. The average molecular weight is 997 g/mol. The molecule has 0 heterocycles. The lowest BCUT2D eigenvalue weighted by Crippen LogP contribution is -2.11.